The lowest BCUT2D eigenvalue weighted by Crippen LogP contribution is -2.47. The molecule has 3 rings (SSSR count). The van der Waals surface area contributed by atoms with Crippen molar-refractivity contribution < 1.29 is 9.90 Å². The van der Waals surface area contributed by atoms with Crippen molar-refractivity contribution in [3.05, 3.63) is 17.0 Å². The molecule has 0 spiro atoms. The molecule has 0 saturated carbocycles. The van der Waals surface area contributed by atoms with Crippen molar-refractivity contribution in [3.8, 4) is 0 Å². The molecule has 1 N–H and O–H groups in total. The Labute approximate surface area is 162 Å². The number of nitrogens with zero attached hydrogens (tertiary/aromatic N) is 5. The van der Waals surface area contributed by atoms with Crippen LogP contribution in [0.3, 0.4) is 0 Å². The second-order valence-electron chi connectivity index (χ2n) is 8.38. The van der Waals surface area contributed by atoms with Gasteiger partial charge in [-0.3, -0.25) is 9.48 Å². The summed E-state index contributed by atoms with van der Waals surface area (Å²) in [5.41, 5.74) is 3.35. The highest BCUT2D eigenvalue weighted by molar-refractivity contribution is 5.76. The Morgan fingerprint density at radius 2 is 1.78 bits per heavy atom. The first-order valence-corrected chi connectivity index (χ1v) is 10.2. The second kappa shape index (κ2) is 8.71. The number of rotatable bonds is 6. The summed E-state index contributed by atoms with van der Waals surface area (Å²) in [5.74, 6) is 0.789. The van der Waals surface area contributed by atoms with Gasteiger partial charge in [0.1, 0.15) is 0 Å². The molecule has 0 aromatic carbocycles. The number of carbonyl (C=O) groups excluding carboxylic acids is 1. The average Bonchev–Trinajstić information content (AvgIpc) is 3.16. The number of hydrogen-bond donors (Lipinski definition) is 1. The second-order valence-corrected chi connectivity index (χ2v) is 8.38. The fourth-order valence-corrected chi connectivity index (χ4v) is 4.49. The molecular formula is C20H35N5O2. The third kappa shape index (κ3) is 4.70. The molecule has 2 fully saturated rings. The quantitative estimate of drug-likeness (QED) is 0.772. The van der Waals surface area contributed by atoms with Crippen LogP contribution in [0.25, 0.3) is 0 Å². The lowest BCUT2D eigenvalue weighted by Gasteiger charge is -2.34. The molecular weight excluding hydrogens is 342 g/mol. The van der Waals surface area contributed by atoms with E-state index in [0.29, 0.717) is 18.9 Å². The van der Waals surface area contributed by atoms with E-state index in [-0.39, 0.29) is 18.4 Å². The number of likely N-dealkylation sites (N-methyl/N-ethyl adjacent to an activating group) is 1. The highest BCUT2D eigenvalue weighted by atomic mass is 16.3. The molecule has 7 heteroatoms. The zero-order valence-electron chi connectivity index (χ0n) is 17.3. The number of aliphatic hydroxyl groups excluding tert-OH is 1. The van der Waals surface area contributed by atoms with E-state index in [9.17, 15) is 9.90 Å². The summed E-state index contributed by atoms with van der Waals surface area (Å²) in [6.45, 7) is 11.1. The number of aliphatic hydroxyl groups is 1. The number of aryl methyl sites for hydroxylation is 2. The van der Waals surface area contributed by atoms with Gasteiger partial charge in [0.25, 0.3) is 0 Å². The van der Waals surface area contributed by atoms with Crippen LogP contribution in [-0.2, 0) is 18.3 Å². The van der Waals surface area contributed by atoms with E-state index >= 15 is 0 Å². The summed E-state index contributed by atoms with van der Waals surface area (Å²) < 4.78 is 1.89. The first-order chi connectivity index (χ1) is 12.9. The highest BCUT2D eigenvalue weighted by Crippen LogP contribution is 2.26. The molecule has 2 atom stereocenters. The Hall–Kier alpha value is -1.44. The van der Waals surface area contributed by atoms with Crippen LogP contribution in [0.5, 0.6) is 0 Å². The van der Waals surface area contributed by atoms with Crippen LogP contribution in [0.15, 0.2) is 0 Å². The summed E-state index contributed by atoms with van der Waals surface area (Å²) >= 11 is 0. The lowest BCUT2D eigenvalue weighted by atomic mass is 9.96. The van der Waals surface area contributed by atoms with E-state index in [1.54, 1.807) is 0 Å². The van der Waals surface area contributed by atoms with Gasteiger partial charge in [-0.1, -0.05) is 0 Å². The Kier molecular flexibility index (Phi) is 6.55. The number of amides is 1. The number of carbonyl (C=O) groups is 1. The molecule has 2 aliphatic rings. The Morgan fingerprint density at radius 3 is 2.37 bits per heavy atom. The Balaban J connectivity index is 1.53. The van der Waals surface area contributed by atoms with E-state index < -0.39 is 0 Å². The SMILES string of the molecule is Cc1nn(C)c(C)c1CCC(=O)N1CC(CO)C(CN2CCN(C)CC2)C1. The van der Waals surface area contributed by atoms with Gasteiger partial charge in [0, 0.05) is 77.5 Å². The molecule has 2 aliphatic heterocycles. The predicted molar refractivity (Wildman–Crippen MR) is 106 cm³/mol. The standard InChI is InChI=1S/C20H35N5O2/c1-15-19(16(2)23(4)21-15)5-6-20(27)25-12-17(18(13-25)14-26)11-24-9-7-22(3)8-10-24/h17-18,26H,5-14H2,1-4H3. The number of hydrogen-bond acceptors (Lipinski definition) is 5. The summed E-state index contributed by atoms with van der Waals surface area (Å²) in [5, 5.41) is 14.3. The Morgan fingerprint density at radius 1 is 1.11 bits per heavy atom. The van der Waals surface area contributed by atoms with Crippen molar-refractivity contribution in [1.82, 2.24) is 24.5 Å². The minimum absolute atomic E-state index is 0.170. The maximum Gasteiger partial charge on any atom is 0.222 e. The fraction of sp³-hybridized carbons (Fsp3) is 0.800. The van der Waals surface area contributed by atoms with Crippen LogP contribution in [0.1, 0.15) is 23.4 Å². The van der Waals surface area contributed by atoms with Gasteiger partial charge >= 0.3 is 0 Å². The summed E-state index contributed by atoms with van der Waals surface area (Å²) in [6.07, 6.45) is 1.26. The van der Waals surface area contributed by atoms with E-state index in [2.05, 4.69) is 28.9 Å². The maximum atomic E-state index is 12.8. The third-order valence-corrected chi connectivity index (χ3v) is 6.50. The minimum atomic E-state index is 0.170. The normalized spacial score (nSPS) is 24.7. The van der Waals surface area contributed by atoms with Gasteiger partial charge in [-0.25, -0.2) is 0 Å². The van der Waals surface area contributed by atoms with Crippen LogP contribution in [-0.4, -0.2) is 95.0 Å². The molecule has 2 saturated heterocycles. The van der Waals surface area contributed by atoms with Gasteiger partial charge < -0.3 is 19.8 Å². The van der Waals surface area contributed by atoms with Crippen LogP contribution < -0.4 is 0 Å². The van der Waals surface area contributed by atoms with Gasteiger partial charge in [0.15, 0.2) is 0 Å². The first kappa shape index (κ1) is 20.3. The highest BCUT2D eigenvalue weighted by Gasteiger charge is 2.35. The van der Waals surface area contributed by atoms with Crippen molar-refractivity contribution in [2.45, 2.75) is 26.7 Å². The van der Waals surface area contributed by atoms with Gasteiger partial charge in [-0.15, -0.1) is 0 Å². The predicted octanol–water partition coefficient (Wildman–Crippen LogP) is 0.284. The van der Waals surface area contributed by atoms with Gasteiger partial charge in [-0.2, -0.15) is 5.10 Å². The average molecular weight is 378 g/mol. The zero-order chi connectivity index (χ0) is 19.6. The minimum Gasteiger partial charge on any atom is -0.396 e. The fourth-order valence-electron chi connectivity index (χ4n) is 4.49. The number of aromatic nitrogens is 2. The zero-order valence-corrected chi connectivity index (χ0v) is 17.3. The van der Waals surface area contributed by atoms with Crippen LogP contribution >= 0.6 is 0 Å². The molecule has 1 aromatic heterocycles. The lowest BCUT2D eigenvalue weighted by molar-refractivity contribution is -0.130. The van der Waals surface area contributed by atoms with E-state index in [1.807, 2.05) is 23.6 Å². The Bertz CT molecular complexity index is 651. The molecule has 1 aromatic rings. The number of likely N-dealkylation sites (tertiary alicyclic amines) is 1. The van der Waals surface area contributed by atoms with Crippen molar-refractivity contribution in [3.63, 3.8) is 0 Å². The molecule has 27 heavy (non-hydrogen) atoms. The molecule has 0 bridgehead atoms. The van der Waals surface area contributed by atoms with Gasteiger partial charge in [0.05, 0.1) is 5.69 Å². The molecule has 3 heterocycles. The molecule has 7 nitrogen and oxygen atoms in total. The smallest absolute Gasteiger partial charge is 0.222 e. The van der Waals surface area contributed by atoms with Crippen molar-refractivity contribution in [2.24, 2.45) is 18.9 Å². The van der Waals surface area contributed by atoms with E-state index in [4.69, 9.17) is 0 Å². The first-order valence-electron chi connectivity index (χ1n) is 10.2. The van der Waals surface area contributed by atoms with Crippen LogP contribution in [0.2, 0.25) is 0 Å². The molecule has 1 amide bonds. The molecule has 0 aliphatic carbocycles. The van der Waals surface area contributed by atoms with Crippen molar-refractivity contribution in [2.75, 3.05) is 59.5 Å². The topological polar surface area (TPSA) is 64.8 Å². The van der Waals surface area contributed by atoms with Gasteiger partial charge in [0.2, 0.25) is 5.91 Å². The summed E-state index contributed by atoms with van der Waals surface area (Å²) in [6, 6.07) is 0. The third-order valence-electron chi connectivity index (χ3n) is 6.50. The van der Waals surface area contributed by atoms with Crippen molar-refractivity contribution >= 4 is 5.91 Å². The van der Waals surface area contributed by atoms with Crippen molar-refractivity contribution in [1.29, 1.82) is 0 Å². The number of piperazine rings is 1. The summed E-state index contributed by atoms with van der Waals surface area (Å²) in [7, 11) is 4.11. The molecule has 152 valence electrons. The van der Waals surface area contributed by atoms with Crippen LogP contribution in [0, 0.1) is 25.7 Å². The maximum absolute atomic E-state index is 12.8. The van der Waals surface area contributed by atoms with E-state index in [1.165, 1.54) is 5.56 Å². The molecule has 2 unspecified atom stereocenters. The van der Waals surface area contributed by atoms with Gasteiger partial charge in [-0.05, 0) is 38.8 Å². The monoisotopic (exact) mass is 377 g/mol. The van der Waals surface area contributed by atoms with E-state index in [0.717, 1.165) is 57.1 Å². The van der Waals surface area contributed by atoms with Crippen LogP contribution in [0.4, 0.5) is 0 Å². The summed E-state index contributed by atoms with van der Waals surface area (Å²) in [4.78, 5) is 19.6. The molecule has 0 radical (unpaired) electrons. The largest absolute Gasteiger partial charge is 0.396 e.